The summed E-state index contributed by atoms with van der Waals surface area (Å²) in [5.74, 6) is 0. The van der Waals surface area contributed by atoms with Crippen LogP contribution in [0.2, 0.25) is 0 Å². The van der Waals surface area contributed by atoms with E-state index < -0.39 is 0 Å². The molecule has 0 amide bonds. The molecule has 25 heavy (non-hydrogen) atoms. The molecule has 1 aromatic heterocycles. The molecule has 0 spiro atoms. The quantitative estimate of drug-likeness (QED) is 0.637. The average molecular weight is 345 g/mol. The molecular weight excluding hydrogens is 326 g/mol. The summed E-state index contributed by atoms with van der Waals surface area (Å²) < 4.78 is 2.02. The van der Waals surface area contributed by atoms with Crippen molar-refractivity contribution in [2.75, 3.05) is 5.32 Å². The van der Waals surface area contributed by atoms with Crippen LogP contribution in [0.5, 0.6) is 0 Å². The van der Waals surface area contributed by atoms with Crippen molar-refractivity contribution in [3.05, 3.63) is 77.7 Å². The number of hydrogen-bond donors (Lipinski definition) is 1. The number of thioether (sulfide) groups is 1. The van der Waals surface area contributed by atoms with Crippen molar-refractivity contribution in [1.29, 1.82) is 0 Å². The molecule has 1 aliphatic heterocycles. The first-order chi connectivity index (χ1) is 12.1. The van der Waals surface area contributed by atoms with Gasteiger partial charge < -0.3 is 5.32 Å². The molecule has 124 valence electrons. The van der Waals surface area contributed by atoms with Crippen LogP contribution in [-0.2, 0) is 5.41 Å². The molecule has 3 aromatic rings. The van der Waals surface area contributed by atoms with Crippen molar-refractivity contribution in [2.24, 2.45) is 0 Å². The zero-order valence-corrected chi connectivity index (χ0v) is 15.1. The highest BCUT2D eigenvalue weighted by molar-refractivity contribution is 8.08. The number of hydrogen-bond acceptors (Lipinski definition) is 3. The topological polar surface area (TPSA) is 29.9 Å². The Morgan fingerprint density at radius 3 is 2.64 bits per heavy atom. The smallest absolute Gasteiger partial charge is 0.105 e. The van der Waals surface area contributed by atoms with Crippen LogP contribution in [0.4, 0.5) is 5.69 Å². The summed E-state index contributed by atoms with van der Waals surface area (Å²) >= 11 is 1.83. The number of benzene rings is 2. The second-order valence-corrected chi connectivity index (χ2v) is 8.32. The molecule has 2 aromatic carbocycles. The van der Waals surface area contributed by atoms with Crippen LogP contribution in [0.3, 0.4) is 0 Å². The molecule has 0 atom stereocenters. The van der Waals surface area contributed by atoms with E-state index in [1.165, 1.54) is 26.7 Å². The minimum absolute atomic E-state index is 0.0566. The largest absolute Gasteiger partial charge is 0.357 e. The summed E-state index contributed by atoms with van der Waals surface area (Å²) in [6.45, 7) is 4.61. The normalized spacial score (nSPS) is 17.4. The maximum absolute atomic E-state index is 4.97. The van der Waals surface area contributed by atoms with Crippen molar-refractivity contribution in [3.8, 4) is 5.69 Å². The average Bonchev–Trinajstić information content (AvgIpc) is 3.08. The number of nitrogens with one attached hydrogen (secondary N) is 1. The monoisotopic (exact) mass is 345 g/mol. The van der Waals surface area contributed by atoms with Crippen LogP contribution in [0.25, 0.3) is 10.6 Å². The summed E-state index contributed by atoms with van der Waals surface area (Å²) in [6, 6.07) is 18.8. The first-order valence-electron chi connectivity index (χ1n) is 8.55. The first-order valence-corrected chi connectivity index (χ1v) is 9.36. The van der Waals surface area contributed by atoms with Crippen LogP contribution in [0.15, 0.2) is 71.4 Å². The summed E-state index contributed by atoms with van der Waals surface area (Å²) in [5, 5.41) is 8.63. The van der Waals surface area contributed by atoms with Crippen LogP contribution in [0, 0.1) is 0 Å². The number of fused-ring (bicyclic) bond motifs is 3. The fourth-order valence-corrected chi connectivity index (χ4v) is 4.74. The second-order valence-electron chi connectivity index (χ2n) is 7.26. The Balaban J connectivity index is 1.66. The summed E-state index contributed by atoms with van der Waals surface area (Å²) in [4.78, 5) is 2.53. The van der Waals surface area contributed by atoms with E-state index in [2.05, 4.69) is 73.9 Å². The van der Waals surface area contributed by atoms with Gasteiger partial charge in [-0.2, -0.15) is 5.10 Å². The van der Waals surface area contributed by atoms with Gasteiger partial charge in [0.05, 0.1) is 16.3 Å². The van der Waals surface area contributed by atoms with Crippen molar-refractivity contribution in [1.82, 2.24) is 9.78 Å². The molecule has 0 unspecified atom stereocenters. The van der Waals surface area contributed by atoms with E-state index in [0.717, 1.165) is 17.8 Å². The Hall–Kier alpha value is -2.46. The standard InChI is InChI=1S/C21H19N3S/c1-21(2)12-17-20(25-18-11-7-6-10-16(18)22-17)19-15(21)13-24(23-19)14-8-4-3-5-9-14/h3-11,13,22H,12H2,1-2H3. The maximum Gasteiger partial charge on any atom is 0.105 e. The Kier molecular flexibility index (Phi) is 3.13. The molecule has 0 fully saturated rings. The second kappa shape index (κ2) is 5.27. The highest BCUT2D eigenvalue weighted by Gasteiger charge is 2.37. The van der Waals surface area contributed by atoms with Crippen molar-refractivity contribution in [2.45, 2.75) is 30.6 Å². The molecule has 4 heteroatoms. The zero-order chi connectivity index (χ0) is 17.0. The van der Waals surface area contributed by atoms with Crippen molar-refractivity contribution in [3.63, 3.8) is 0 Å². The highest BCUT2D eigenvalue weighted by atomic mass is 32.2. The number of aromatic nitrogens is 2. The molecule has 1 N–H and O–H groups in total. The molecule has 0 saturated heterocycles. The van der Waals surface area contributed by atoms with Crippen LogP contribution >= 0.6 is 11.8 Å². The Morgan fingerprint density at radius 1 is 1.04 bits per heavy atom. The van der Waals surface area contributed by atoms with Crippen LogP contribution in [0.1, 0.15) is 31.5 Å². The lowest BCUT2D eigenvalue weighted by atomic mass is 9.77. The maximum atomic E-state index is 4.97. The van der Waals surface area contributed by atoms with Crippen LogP contribution < -0.4 is 5.32 Å². The van der Waals surface area contributed by atoms with E-state index in [1.807, 2.05) is 22.5 Å². The van der Waals surface area contributed by atoms with Gasteiger partial charge in [-0.3, -0.25) is 0 Å². The molecule has 1 aliphatic carbocycles. The number of anilines is 1. The van der Waals surface area contributed by atoms with Gasteiger partial charge in [-0.05, 0) is 36.1 Å². The van der Waals surface area contributed by atoms with Gasteiger partial charge in [0.2, 0.25) is 0 Å². The molecule has 0 bridgehead atoms. The van der Waals surface area contributed by atoms with Gasteiger partial charge >= 0.3 is 0 Å². The van der Waals surface area contributed by atoms with E-state index in [0.29, 0.717) is 0 Å². The van der Waals surface area contributed by atoms with Gasteiger partial charge in [0.15, 0.2) is 0 Å². The van der Waals surface area contributed by atoms with Gasteiger partial charge in [0.25, 0.3) is 0 Å². The molecule has 3 nitrogen and oxygen atoms in total. The van der Waals surface area contributed by atoms with Gasteiger partial charge in [-0.15, -0.1) is 0 Å². The first kappa shape index (κ1) is 14.8. The Labute approximate surface area is 151 Å². The third-order valence-electron chi connectivity index (χ3n) is 4.96. The molecule has 5 rings (SSSR count). The lowest BCUT2D eigenvalue weighted by Crippen LogP contribution is -2.26. The van der Waals surface area contributed by atoms with Gasteiger partial charge in [0, 0.05) is 22.4 Å². The number of para-hydroxylation sites is 2. The fraction of sp³-hybridized carbons (Fsp3) is 0.190. The van der Waals surface area contributed by atoms with Crippen molar-refractivity contribution >= 4 is 22.4 Å². The third-order valence-corrected chi connectivity index (χ3v) is 6.18. The fourth-order valence-electron chi connectivity index (χ4n) is 3.65. The highest BCUT2D eigenvalue weighted by Crippen LogP contribution is 2.52. The van der Waals surface area contributed by atoms with Gasteiger partial charge in [-0.25, -0.2) is 4.68 Å². The van der Waals surface area contributed by atoms with Gasteiger partial charge in [-0.1, -0.05) is 55.9 Å². The molecule has 0 saturated carbocycles. The molecular formula is C21H19N3S. The molecule has 2 heterocycles. The number of allylic oxidation sites excluding steroid dienone is 1. The number of nitrogens with zero attached hydrogens (tertiary/aromatic N) is 2. The lowest BCUT2D eigenvalue weighted by molar-refractivity contribution is 0.514. The van der Waals surface area contributed by atoms with E-state index in [9.17, 15) is 0 Å². The number of rotatable bonds is 1. The lowest BCUT2D eigenvalue weighted by Gasteiger charge is -2.35. The zero-order valence-electron chi connectivity index (χ0n) is 14.3. The van der Waals surface area contributed by atoms with E-state index in [-0.39, 0.29) is 5.41 Å². The minimum atomic E-state index is 0.0566. The summed E-state index contributed by atoms with van der Waals surface area (Å²) in [5.41, 5.74) is 6.09. The predicted molar refractivity (Wildman–Crippen MR) is 104 cm³/mol. The van der Waals surface area contributed by atoms with E-state index in [1.54, 1.807) is 0 Å². The van der Waals surface area contributed by atoms with Crippen molar-refractivity contribution < 1.29 is 0 Å². The minimum Gasteiger partial charge on any atom is -0.357 e. The Bertz CT molecular complexity index is 999. The molecule has 2 aliphatic rings. The predicted octanol–water partition coefficient (Wildman–Crippen LogP) is 5.44. The van der Waals surface area contributed by atoms with Gasteiger partial charge in [0.1, 0.15) is 5.69 Å². The summed E-state index contributed by atoms with van der Waals surface area (Å²) in [7, 11) is 0. The Morgan fingerprint density at radius 2 is 1.80 bits per heavy atom. The summed E-state index contributed by atoms with van der Waals surface area (Å²) in [6.07, 6.45) is 3.20. The van der Waals surface area contributed by atoms with Crippen LogP contribution in [-0.4, -0.2) is 9.78 Å². The SMILES string of the molecule is CC1(C)CC2=C(Sc3ccccc3N2)c2nn(-c3ccccc3)cc21. The van der Waals surface area contributed by atoms with E-state index >= 15 is 0 Å². The third kappa shape index (κ3) is 2.32. The molecule has 0 radical (unpaired) electrons. The van der Waals surface area contributed by atoms with E-state index in [4.69, 9.17) is 5.10 Å².